The van der Waals surface area contributed by atoms with Crippen LogP contribution >= 0.6 is 11.6 Å². The Bertz CT molecular complexity index is 1340. The van der Waals surface area contributed by atoms with Crippen LogP contribution in [0.3, 0.4) is 0 Å². The van der Waals surface area contributed by atoms with Gasteiger partial charge in [0, 0.05) is 23.6 Å². The molecule has 4 aromatic rings. The molecule has 0 spiro atoms. The zero-order valence-electron chi connectivity index (χ0n) is 19.3. The Kier molecular flexibility index (Phi) is 6.27. The van der Waals surface area contributed by atoms with Crippen molar-refractivity contribution in [2.75, 3.05) is 11.9 Å². The third-order valence-electron chi connectivity index (χ3n) is 6.20. The lowest BCUT2D eigenvalue weighted by Crippen LogP contribution is -2.36. The van der Waals surface area contributed by atoms with E-state index in [4.69, 9.17) is 16.1 Å². The maximum atomic E-state index is 13.5. The van der Waals surface area contributed by atoms with Crippen LogP contribution in [0.25, 0.3) is 11.3 Å². The predicted molar refractivity (Wildman–Crippen MR) is 131 cm³/mol. The topological polar surface area (TPSA) is 109 Å². The van der Waals surface area contributed by atoms with E-state index in [9.17, 15) is 9.90 Å². The van der Waals surface area contributed by atoms with E-state index in [2.05, 4.69) is 20.7 Å². The number of urea groups is 1. The van der Waals surface area contributed by atoms with Crippen LogP contribution in [0.2, 0.25) is 5.02 Å². The maximum absolute atomic E-state index is 13.5. The average Bonchev–Trinajstić information content (AvgIpc) is 3.53. The molecule has 0 bridgehead atoms. The highest BCUT2D eigenvalue weighted by molar-refractivity contribution is 6.30. The second kappa shape index (κ2) is 9.52. The van der Waals surface area contributed by atoms with Crippen molar-refractivity contribution in [3.63, 3.8) is 0 Å². The normalized spacial score (nSPS) is 17.7. The Balaban J connectivity index is 1.42. The monoisotopic (exact) mass is 492 g/mol. The molecule has 2 N–H and O–H groups in total. The van der Waals surface area contributed by atoms with E-state index in [1.165, 1.54) is 0 Å². The number of benzene rings is 2. The summed E-state index contributed by atoms with van der Waals surface area (Å²) in [5, 5.41) is 26.9. The van der Waals surface area contributed by atoms with Gasteiger partial charge in [0.1, 0.15) is 17.2 Å². The summed E-state index contributed by atoms with van der Waals surface area (Å²) < 4.78 is 7.34. The van der Waals surface area contributed by atoms with Crippen LogP contribution in [0.1, 0.15) is 35.4 Å². The Hall–Kier alpha value is -3.69. The first-order chi connectivity index (χ1) is 16.9. The fourth-order valence-corrected chi connectivity index (χ4v) is 4.51. The fourth-order valence-electron chi connectivity index (χ4n) is 4.39. The number of aromatic nitrogens is 4. The van der Waals surface area contributed by atoms with Crippen LogP contribution in [0.4, 0.5) is 10.5 Å². The summed E-state index contributed by atoms with van der Waals surface area (Å²) in [6.45, 7) is 4.32. The van der Waals surface area contributed by atoms with Gasteiger partial charge < -0.3 is 24.4 Å². The fraction of sp³-hybridized carbons (Fsp3) is 0.280. The average molecular weight is 493 g/mol. The van der Waals surface area contributed by atoms with Gasteiger partial charge >= 0.3 is 6.03 Å². The highest BCUT2D eigenvalue weighted by Crippen LogP contribution is 2.35. The lowest BCUT2D eigenvalue weighted by molar-refractivity contribution is 0.175. The van der Waals surface area contributed by atoms with Crippen molar-refractivity contribution in [3.8, 4) is 11.3 Å². The molecule has 5 rings (SSSR count). The van der Waals surface area contributed by atoms with Crippen LogP contribution in [-0.2, 0) is 6.54 Å². The number of rotatable bonds is 5. The molecule has 2 unspecified atom stereocenters. The van der Waals surface area contributed by atoms with Gasteiger partial charge in [-0.15, -0.1) is 10.2 Å². The van der Waals surface area contributed by atoms with E-state index in [1.54, 1.807) is 11.8 Å². The molecular weight excluding hydrogens is 468 g/mol. The molecule has 2 aromatic carbocycles. The molecule has 0 saturated carbocycles. The summed E-state index contributed by atoms with van der Waals surface area (Å²) >= 11 is 6.03. The van der Waals surface area contributed by atoms with E-state index >= 15 is 0 Å². The van der Waals surface area contributed by atoms with Gasteiger partial charge in [-0.05, 0) is 31.5 Å². The Morgan fingerprint density at radius 2 is 1.89 bits per heavy atom. The highest BCUT2D eigenvalue weighted by Gasteiger charge is 2.39. The van der Waals surface area contributed by atoms with Gasteiger partial charge in [0.2, 0.25) is 0 Å². The molecule has 0 radical (unpaired) electrons. The molecule has 2 amide bonds. The lowest BCUT2D eigenvalue weighted by Gasteiger charge is -2.24. The molecule has 3 heterocycles. The standard InChI is InChI=1S/C25H25ClN6O3/c1-15-22(23(30-35-15)18-6-4-3-5-7-18)27-25(34)32-14-20(33)12-21(32)24-29-28-16(2)31(24)13-17-8-10-19(26)11-9-17/h3-11,20-21,33H,12-14H2,1-2H3,(H,27,34). The number of likely N-dealkylation sites (tertiary alicyclic amines) is 1. The lowest BCUT2D eigenvalue weighted by atomic mass is 10.1. The maximum Gasteiger partial charge on any atom is 0.322 e. The van der Waals surface area contributed by atoms with Gasteiger partial charge in [0.05, 0.1) is 18.7 Å². The molecule has 1 fully saturated rings. The number of aryl methyl sites for hydroxylation is 2. The molecular formula is C25H25ClN6O3. The molecule has 1 aliphatic rings. The molecule has 10 heteroatoms. The molecule has 180 valence electrons. The number of hydrogen-bond acceptors (Lipinski definition) is 6. The number of β-amino-alcohol motifs (C(OH)–C–C–N with tert-alkyl or cyclic N) is 1. The molecule has 1 saturated heterocycles. The van der Waals surface area contributed by atoms with Gasteiger partial charge in [-0.2, -0.15) is 0 Å². The van der Waals surface area contributed by atoms with Gasteiger partial charge in [0.15, 0.2) is 11.6 Å². The number of carbonyl (C=O) groups excluding carboxylic acids is 1. The van der Waals surface area contributed by atoms with E-state index < -0.39 is 12.1 Å². The second-order valence-corrected chi connectivity index (χ2v) is 9.07. The largest absolute Gasteiger partial charge is 0.391 e. The van der Waals surface area contributed by atoms with Gasteiger partial charge in [0.25, 0.3) is 0 Å². The summed E-state index contributed by atoms with van der Waals surface area (Å²) in [4.78, 5) is 15.0. The Morgan fingerprint density at radius 3 is 2.63 bits per heavy atom. The SMILES string of the molecule is Cc1onc(-c2ccccc2)c1NC(=O)N1CC(O)CC1c1nnc(C)n1Cc1ccc(Cl)cc1. The summed E-state index contributed by atoms with van der Waals surface area (Å²) in [7, 11) is 0. The predicted octanol–water partition coefficient (Wildman–Crippen LogP) is 4.59. The molecule has 0 aliphatic carbocycles. The third-order valence-corrected chi connectivity index (χ3v) is 6.45. The van der Waals surface area contributed by atoms with Crippen molar-refractivity contribution in [3.05, 3.63) is 82.6 Å². The van der Waals surface area contributed by atoms with Crippen molar-refractivity contribution in [1.29, 1.82) is 0 Å². The molecule has 9 nitrogen and oxygen atoms in total. The first-order valence-electron chi connectivity index (χ1n) is 11.3. The number of hydrogen-bond donors (Lipinski definition) is 2. The van der Waals surface area contributed by atoms with Crippen molar-refractivity contribution in [2.24, 2.45) is 0 Å². The van der Waals surface area contributed by atoms with Gasteiger partial charge in [-0.3, -0.25) is 0 Å². The first kappa shape index (κ1) is 23.1. The van der Waals surface area contributed by atoms with E-state index in [1.807, 2.05) is 66.1 Å². The summed E-state index contributed by atoms with van der Waals surface area (Å²) in [5.74, 6) is 1.84. The second-order valence-electron chi connectivity index (χ2n) is 8.63. The zero-order chi connectivity index (χ0) is 24.5. The number of amides is 2. The summed E-state index contributed by atoms with van der Waals surface area (Å²) in [5.41, 5.74) is 2.91. The van der Waals surface area contributed by atoms with Gasteiger partial charge in [-0.25, -0.2) is 4.79 Å². The van der Waals surface area contributed by atoms with Crippen LogP contribution in [0.5, 0.6) is 0 Å². The molecule has 2 aromatic heterocycles. The minimum absolute atomic E-state index is 0.175. The minimum Gasteiger partial charge on any atom is -0.391 e. The highest BCUT2D eigenvalue weighted by atomic mass is 35.5. The number of halogens is 1. The van der Waals surface area contributed by atoms with Crippen molar-refractivity contribution in [1.82, 2.24) is 24.8 Å². The Morgan fingerprint density at radius 1 is 1.14 bits per heavy atom. The van der Waals surface area contributed by atoms with Crippen molar-refractivity contribution >= 4 is 23.3 Å². The number of carbonyl (C=O) groups is 1. The first-order valence-corrected chi connectivity index (χ1v) is 11.7. The Labute approximate surface area is 207 Å². The van der Waals surface area contributed by atoms with Crippen molar-refractivity contribution in [2.45, 2.75) is 39.0 Å². The molecule has 2 atom stereocenters. The van der Waals surface area contributed by atoms with Crippen LogP contribution in [0, 0.1) is 13.8 Å². The van der Waals surface area contributed by atoms with Crippen molar-refractivity contribution < 1.29 is 14.4 Å². The molecule has 35 heavy (non-hydrogen) atoms. The smallest absolute Gasteiger partial charge is 0.322 e. The molecule has 1 aliphatic heterocycles. The quantitative estimate of drug-likeness (QED) is 0.421. The summed E-state index contributed by atoms with van der Waals surface area (Å²) in [6.07, 6.45) is -0.316. The number of anilines is 1. The number of aliphatic hydroxyl groups is 1. The van der Waals surface area contributed by atoms with E-state index in [-0.39, 0.29) is 12.6 Å². The van der Waals surface area contributed by atoms with Crippen LogP contribution < -0.4 is 5.32 Å². The van der Waals surface area contributed by atoms with E-state index in [0.29, 0.717) is 41.0 Å². The van der Waals surface area contributed by atoms with E-state index in [0.717, 1.165) is 17.0 Å². The number of nitrogens with one attached hydrogen (secondary N) is 1. The van der Waals surface area contributed by atoms with Crippen LogP contribution in [0.15, 0.2) is 59.1 Å². The van der Waals surface area contributed by atoms with Crippen LogP contribution in [-0.4, -0.2) is 48.6 Å². The van der Waals surface area contributed by atoms with Gasteiger partial charge in [-0.1, -0.05) is 59.2 Å². The summed E-state index contributed by atoms with van der Waals surface area (Å²) in [6, 6.07) is 16.2. The zero-order valence-corrected chi connectivity index (χ0v) is 20.1. The number of aliphatic hydroxyl groups excluding tert-OH is 1. The third kappa shape index (κ3) is 4.65. The minimum atomic E-state index is -0.677. The number of nitrogens with zero attached hydrogens (tertiary/aromatic N) is 5.